The van der Waals surface area contributed by atoms with Crippen molar-refractivity contribution in [3.8, 4) is 11.5 Å². The summed E-state index contributed by atoms with van der Waals surface area (Å²) in [6.45, 7) is 3.93. The third kappa shape index (κ3) is 3.82. The summed E-state index contributed by atoms with van der Waals surface area (Å²) < 4.78 is 10.7. The van der Waals surface area contributed by atoms with Crippen molar-refractivity contribution in [1.29, 1.82) is 0 Å². The number of nitro groups is 1. The molecule has 0 unspecified atom stereocenters. The van der Waals surface area contributed by atoms with E-state index in [-0.39, 0.29) is 23.7 Å². The quantitative estimate of drug-likeness (QED) is 0.466. The fourth-order valence-corrected chi connectivity index (χ4v) is 1.92. The van der Waals surface area contributed by atoms with Crippen molar-refractivity contribution in [3.05, 3.63) is 22.2 Å². The first-order chi connectivity index (χ1) is 10.1. The minimum Gasteiger partial charge on any atom is -0.486 e. The Morgan fingerprint density at radius 3 is 2.62 bits per heavy atom. The number of anilines is 1. The molecule has 0 saturated carbocycles. The number of ether oxygens (including phenoxy) is 2. The lowest BCUT2D eigenvalue weighted by Crippen LogP contribution is -2.22. The Balaban J connectivity index is 2.17. The topological polar surface area (TPSA) is 103 Å². The van der Waals surface area contributed by atoms with E-state index in [0.717, 1.165) is 6.54 Å². The lowest BCUT2D eigenvalue weighted by Gasteiger charge is -2.19. The summed E-state index contributed by atoms with van der Waals surface area (Å²) in [4.78, 5) is 22.3. The Labute approximate surface area is 121 Å². The van der Waals surface area contributed by atoms with Crippen molar-refractivity contribution in [2.24, 2.45) is 0 Å². The molecule has 1 aromatic carbocycles. The van der Waals surface area contributed by atoms with Crippen molar-refractivity contribution in [1.82, 2.24) is 5.32 Å². The molecule has 1 aliphatic rings. The predicted octanol–water partition coefficient (Wildman–Crippen LogP) is 1.30. The van der Waals surface area contributed by atoms with Crippen LogP contribution in [0.15, 0.2) is 12.1 Å². The van der Waals surface area contributed by atoms with Gasteiger partial charge >= 0.3 is 0 Å². The Bertz CT molecular complexity index is 547. The Morgan fingerprint density at radius 2 is 2.00 bits per heavy atom. The number of hydrogen-bond donors (Lipinski definition) is 2. The van der Waals surface area contributed by atoms with Gasteiger partial charge in [0.1, 0.15) is 18.9 Å². The van der Waals surface area contributed by atoms with Gasteiger partial charge in [-0.3, -0.25) is 14.9 Å². The normalized spacial score (nSPS) is 12.8. The molecule has 0 atom stereocenters. The maximum absolute atomic E-state index is 11.8. The van der Waals surface area contributed by atoms with Crippen LogP contribution in [0.4, 0.5) is 11.4 Å². The molecule has 1 aliphatic heterocycles. The van der Waals surface area contributed by atoms with E-state index in [2.05, 4.69) is 10.6 Å². The highest BCUT2D eigenvalue weighted by Gasteiger charge is 2.23. The van der Waals surface area contributed by atoms with Gasteiger partial charge < -0.3 is 20.1 Å². The fraction of sp³-hybridized carbons (Fsp3) is 0.462. The van der Waals surface area contributed by atoms with Crippen molar-refractivity contribution in [3.63, 3.8) is 0 Å². The molecule has 21 heavy (non-hydrogen) atoms. The number of nitro benzene ring substituents is 1. The molecule has 0 fully saturated rings. The van der Waals surface area contributed by atoms with Crippen LogP contribution in [-0.2, 0) is 4.79 Å². The zero-order valence-electron chi connectivity index (χ0n) is 11.7. The second kappa shape index (κ2) is 6.89. The first-order valence-electron chi connectivity index (χ1n) is 6.70. The van der Waals surface area contributed by atoms with E-state index in [1.54, 1.807) is 0 Å². The molecule has 0 aromatic heterocycles. The van der Waals surface area contributed by atoms with Crippen LogP contribution in [0.3, 0.4) is 0 Å². The standard InChI is InChI=1S/C13H17N3O5/c1-2-14-4-3-13(17)15-9-7-11-12(21-6-5-20-11)8-10(9)16(18)19/h7-8,14H,2-6H2,1H3,(H,15,17). The van der Waals surface area contributed by atoms with Gasteiger partial charge in [0.15, 0.2) is 11.5 Å². The second-order valence-corrected chi connectivity index (χ2v) is 4.42. The Morgan fingerprint density at radius 1 is 1.33 bits per heavy atom. The van der Waals surface area contributed by atoms with Gasteiger partial charge in [0.2, 0.25) is 5.91 Å². The van der Waals surface area contributed by atoms with Gasteiger partial charge in [0.25, 0.3) is 5.69 Å². The van der Waals surface area contributed by atoms with E-state index in [4.69, 9.17) is 9.47 Å². The Hall–Kier alpha value is -2.35. The predicted molar refractivity (Wildman–Crippen MR) is 75.9 cm³/mol. The first-order valence-corrected chi connectivity index (χ1v) is 6.70. The molecule has 1 amide bonds. The zero-order valence-corrected chi connectivity index (χ0v) is 11.7. The zero-order chi connectivity index (χ0) is 15.2. The van der Waals surface area contributed by atoms with E-state index in [1.165, 1.54) is 12.1 Å². The van der Waals surface area contributed by atoms with Gasteiger partial charge in [-0.05, 0) is 6.54 Å². The number of nitrogens with one attached hydrogen (secondary N) is 2. The van der Waals surface area contributed by atoms with E-state index in [0.29, 0.717) is 31.3 Å². The summed E-state index contributed by atoms with van der Waals surface area (Å²) in [5.41, 5.74) is -0.0956. The van der Waals surface area contributed by atoms with Gasteiger partial charge in [0, 0.05) is 19.0 Å². The van der Waals surface area contributed by atoms with Crippen LogP contribution in [0.1, 0.15) is 13.3 Å². The minimum atomic E-state index is -0.557. The summed E-state index contributed by atoms with van der Waals surface area (Å²) in [6, 6.07) is 2.70. The monoisotopic (exact) mass is 295 g/mol. The summed E-state index contributed by atoms with van der Waals surface area (Å²) >= 11 is 0. The van der Waals surface area contributed by atoms with Gasteiger partial charge in [-0.25, -0.2) is 0 Å². The highest BCUT2D eigenvalue weighted by molar-refractivity contribution is 5.93. The number of amides is 1. The van der Waals surface area contributed by atoms with Crippen molar-refractivity contribution < 1.29 is 19.2 Å². The third-order valence-electron chi connectivity index (χ3n) is 2.91. The van der Waals surface area contributed by atoms with E-state index in [9.17, 15) is 14.9 Å². The number of hydrogen-bond acceptors (Lipinski definition) is 6. The SMILES string of the molecule is CCNCCC(=O)Nc1cc2c(cc1[N+](=O)[O-])OCCO2. The lowest BCUT2D eigenvalue weighted by atomic mass is 10.2. The molecule has 2 N–H and O–H groups in total. The van der Waals surface area contributed by atoms with Crippen molar-refractivity contribution in [2.45, 2.75) is 13.3 Å². The maximum atomic E-state index is 11.8. The molecule has 2 rings (SSSR count). The summed E-state index contributed by atoms with van der Waals surface area (Å²) in [6.07, 6.45) is 0.236. The average Bonchev–Trinajstić information content (AvgIpc) is 2.46. The largest absolute Gasteiger partial charge is 0.486 e. The van der Waals surface area contributed by atoms with Gasteiger partial charge in [0.05, 0.1) is 11.0 Å². The highest BCUT2D eigenvalue weighted by atomic mass is 16.6. The minimum absolute atomic E-state index is 0.116. The number of rotatable bonds is 6. The van der Waals surface area contributed by atoms with Crippen LogP contribution in [0.5, 0.6) is 11.5 Å². The smallest absolute Gasteiger partial charge is 0.296 e. The third-order valence-corrected chi connectivity index (χ3v) is 2.91. The molecule has 0 radical (unpaired) electrons. The number of benzene rings is 1. The van der Waals surface area contributed by atoms with Crippen LogP contribution in [0.25, 0.3) is 0 Å². The lowest BCUT2D eigenvalue weighted by molar-refractivity contribution is -0.384. The molecule has 1 heterocycles. The van der Waals surface area contributed by atoms with Crippen LogP contribution in [0.2, 0.25) is 0 Å². The molecule has 8 nitrogen and oxygen atoms in total. The van der Waals surface area contributed by atoms with Crippen LogP contribution >= 0.6 is 0 Å². The van der Waals surface area contributed by atoms with E-state index in [1.807, 2.05) is 6.92 Å². The summed E-state index contributed by atoms with van der Waals surface area (Å²) in [5, 5.41) is 16.7. The number of carbonyl (C=O) groups is 1. The van der Waals surface area contributed by atoms with Crippen LogP contribution < -0.4 is 20.1 Å². The number of nitrogens with zero attached hydrogens (tertiary/aromatic N) is 1. The number of fused-ring (bicyclic) bond motifs is 1. The average molecular weight is 295 g/mol. The van der Waals surface area contributed by atoms with Gasteiger partial charge in [-0.15, -0.1) is 0 Å². The van der Waals surface area contributed by atoms with Crippen LogP contribution in [0, 0.1) is 10.1 Å². The van der Waals surface area contributed by atoms with Gasteiger partial charge in [-0.1, -0.05) is 6.92 Å². The fourth-order valence-electron chi connectivity index (χ4n) is 1.92. The molecule has 114 valence electrons. The van der Waals surface area contributed by atoms with Crippen molar-refractivity contribution in [2.75, 3.05) is 31.6 Å². The summed E-state index contributed by atoms with van der Waals surface area (Å²) in [7, 11) is 0. The highest BCUT2D eigenvalue weighted by Crippen LogP contribution is 2.39. The second-order valence-electron chi connectivity index (χ2n) is 4.42. The molecular formula is C13H17N3O5. The first kappa shape index (κ1) is 15.0. The van der Waals surface area contributed by atoms with E-state index < -0.39 is 4.92 Å². The molecule has 0 bridgehead atoms. The van der Waals surface area contributed by atoms with E-state index >= 15 is 0 Å². The Kier molecular flexibility index (Phi) is 4.94. The molecule has 1 aromatic rings. The molecule has 0 saturated heterocycles. The van der Waals surface area contributed by atoms with Gasteiger partial charge in [-0.2, -0.15) is 0 Å². The molecule has 8 heteroatoms. The number of carbonyl (C=O) groups excluding carboxylic acids is 1. The molecular weight excluding hydrogens is 278 g/mol. The summed E-state index contributed by atoms with van der Waals surface area (Å²) in [5.74, 6) is 0.420. The maximum Gasteiger partial charge on any atom is 0.296 e. The van der Waals surface area contributed by atoms with Crippen LogP contribution in [-0.4, -0.2) is 37.1 Å². The molecule has 0 spiro atoms. The molecule has 0 aliphatic carbocycles. The van der Waals surface area contributed by atoms with Crippen molar-refractivity contribution >= 4 is 17.3 Å².